The molecule has 0 aromatic carbocycles. The molecule has 2 aliphatic carbocycles. The zero-order valence-electron chi connectivity index (χ0n) is 14.7. The Morgan fingerprint density at radius 2 is 1.83 bits per heavy atom. The van der Waals surface area contributed by atoms with Gasteiger partial charge < -0.3 is 14.2 Å². The maximum atomic E-state index is 12.5. The molecule has 0 amide bonds. The van der Waals surface area contributed by atoms with Crippen molar-refractivity contribution in [2.75, 3.05) is 40.5 Å². The highest BCUT2D eigenvalue weighted by molar-refractivity contribution is 5.84. The predicted molar refractivity (Wildman–Crippen MR) is 87.2 cm³/mol. The van der Waals surface area contributed by atoms with Crippen LogP contribution < -0.4 is 0 Å². The number of nitrogens with zero attached hydrogens (tertiary/aromatic N) is 1. The van der Waals surface area contributed by atoms with Gasteiger partial charge in [-0.15, -0.1) is 0 Å². The second-order valence-corrected chi connectivity index (χ2v) is 7.01. The third kappa shape index (κ3) is 2.86. The van der Waals surface area contributed by atoms with Crippen LogP contribution >= 0.6 is 0 Å². The first-order valence-corrected chi connectivity index (χ1v) is 8.73. The van der Waals surface area contributed by atoms with E-state index in [0.29, 0.717) is 6.42 Å². The predicted octanol–water partition coefficient (Wildman–Crippen LogP) is 1.40. The first-order chi connectivity index (χ1) is 11.5. The van der Waals surface area contributed by atoms with E-state index in [-0.39, 0.29) is 23.4 Å². The van der Waals surface area contributed by atoms with Gasteiger partial charge >= 0.3 is 11.9 Å². The molecular formula is C18H27NO5. The second kappa shape index (κ2) is 6.84. The highest BCUT2D eigenvalue weighted by Crippen LogP contribution is 2.63. The minimum absolute atomic E-state index is 0.234. The fourth-order valence-electron chi connectivity index (χ4n) is 4.54. The van der Waals surface area contributed by atoms with E-state index in [4.69, 9.17) is 14.2 Å². The number of rotatable bonds is 4. The van der Waals surface area contributed by atoms with E-state index in [2.05, 4.69) is 17.9 Å². The Labute approximate surface area is 143 Å². The summed E-state index contributed by atoms with van der Waals surface area (Å²) in [6.07, 6.45) is 4.58. The second-order valence-electron chi connectivity index (χ2n) is 7.01. The zero-order valence-corrected chi connectivity index (χ0v) is 14.7. The molecule has 1 spiro atoms. The minimum atomic E-state index is -0.439. The van der Waals surface area contributed by atoms with Crippen LogP contribution in [0.1, 0.15) is 26.2 Å². The van der Waals surface area contributed by atoms with Crippen LogP contribution in [0.5, 0.6) is 0 Å². The Kier molecular flexibility index (Phi) is 4.97. The Bertz CT molecular complexity index is 534. The molecule has 0 radical (unpaired) electrons. The van der Waals surface area contributed by atoms with E-state index in [1.807, 2.05) is 0 Å². The normalized spacial score (nSPS) is 30.4. The molecule has 6 nitrogen and oxygen atoms in total. The lowest BCUT2D eigenvalue weighted by atomic mass is 9.67. The molecule has 6 heteroatoms. The molecule has 24 heavy (non-hydrogen) atoms. The number of esters is 2. The molecule has 0 bridgehead atoms. The monoisotopic (exact) mass is 337 g/mol. The highest BCUT2D eigenvalue weighted by Gasteiger charge is 2.62. The Balaban J connectivity index is 1.89. The molecule has 1 aliphatic heterocycles. The maximum absolute atomic E-state index is 12.5. The van der Waals surface area contributed by atoms with Crippen molar-refractivity contribution < 1.29 is 23.8 Å². The average molecular weight is 337 g/mol. The average Bonchev–Trinajstić information content (AvgIpc) is 3.40. The van der Waals surface area contributed by atoms with Crippen LogP contribution in [0.3, 0.4) is 0 Å². The van der Waals surface area contributed by atoms with Crippen LogP contribution in [0.25, 0.3) is 0 Å². The topological polar surface area (TPSA) is 65.1 Å². The standard InChI is InChI=1S/C18H27NO5/c1-12(19-8-10-24-11-9-19)14-5-4-13(16(20)22-2)15(17(21)23-3)18(14)6-7-18/h5,12-13,15H,4,6-11H2,1-3H3/t12?,13-,15-/m1/s1. The van der Waals surface area contributed by atoms with E-state index in [1.165, 1.54) is 19.8 Å². The summed E-state index contributed by atoms with van der Waals surface area (Å²) in [4.78, 5) is 27.1. The number of allylic oxidation sites excluding steroid dienone is 1. The quantitative estimate of drug-likeness (QED) is 0.571. The fourth-order valence-corrected chi connectivity index (χ4v) is 4.54. The third-order valence-corrected chi connectivity index (χ3v) is 5.96. The van der Waals surface area contributed by atoms with Gasteiger partial charge in [-0.3, -0.25) is 14.5 Å². The van der Waals surface area contributed by atoms with Crippen LogP contribution in [0.2, 0.25) is 0 Å². The summed E-state index contributed by atoms with van der Waals surface area (Å²) in [5, 5.41) is 0. The molecule has 0 N–H and O–H groups in total. The van der Waals surface area contributed by atoms with Gasteiger partial charge in [0, 0.05) is 24.5 Å². The molecule has 3 rings (SSSR count). The number of methoxy groups -OCH3 is 2. The molecule has 1 heterocycles. The maximum Gasteiger partial charge on any atom is 0.310 e. The first-order valence-electron chi connectivity index (χ1n) is 8.73. The Morgan fingerprint density at radius 3 is 2.38 bits per heavy atom. The van der Waals surface area contributed by atoms with Gasteiger partial charge in [-0.2, -0.15) is 0 Å². The van der Waals surface area contributed by atoms with Gasteiger partial charge in [0.2, 0.25) is 0 Å². The van der Waals surface area contributed by atoms with Gasteiger partial charge in [-0.05, 0) is 26.2 Å². The summed E-state index contributed by atoms with van der Waals surface area (Å²) in [6.45, 7) is 5.49. The van der Waals surface area contributed by atoms with Gasteiger partial charge in [-0.25, -0.2) is 0 Å². The summed E-state index contributed by atoms with van der Waals surface area (Å²) in [5.41, 5.74) is 1.06. The Hall–Kier alpha value is -1.40. The lowest BCUT2D eigenvalue weighted by Crippen LogP contribution is -2.48. The van der Waals surface area contributed by atoms with E-state index in [1.54, 1.807) is 0 Å². The molecular weight excluding hydrogens is 310 g/mol. The van der Waals surface area contributed by atoms with Gasteiger partial charge in [0.25, 0.3) is 0 Å². The van der Waals surface area contributed by atoms with E-state index >= 15 is 0 Å². The van der Waals surface area contributed by atoms with Crippen molar-refractivity contribution in [2.24, 2.45) is 17.3 Å². The molecule has 1 saturated carbocycles. The number of morpholine rings is 1. The van der Waals surface area contributed by atoms with Gasteiger partial charge in [0.15, 0.2) is 0 Å². The van der Waals surface area contributed by atoms with Crippen LogP contribution in [0.4, 0.5) is 0 Å². The Morgan fingerprint density at radius 1 is 1.21 bits per heavy atom. The molecule has 134 valence electrons. The molecule has 1 saturated heterocycles. The van der Waals surface area contributed by atoms with Crippen LogP contribution in [-0.2, 0) is 23.8 Å². The summed E-state index contributed by atoms with van der Waals surface area (Å²) < 4.78 is 15.4. The summed E-state index contributed by atoms with van der Waals surface area (Å²) in [5.74, 6) is -1.47. The van der Waals surface area contributed by atoms with Crippen molar-refractivity contribution in [3.05, 3.63) is 11.6 Å². The number of ether oxygens (including phenoxy) is 3. The summed E-state index contributed by atoms with van der Waals surface area (Å²) in [6, 6.07) is 0.252. The summed E-state index contributed by atoms with van der Waals surface area (Å²) >= 11 is 0. The van der Waals surface area contributed by atoms with E-state index < -0.39 is 11.8 Å². The van der Waals surface area contributed by atoms with Gasteiger partial charge in [0.05, 0.1) is 39.3 Å². The third-order valence-electron chi connectivity index (χ3n) is 5.96. The van der Waals surface area contributed by atoms with Gasteiger partial charge in [-0.1, -0.05) is 11.6 Å². The van der Waals surface area contributed by atoms with Crippen molar-refractivity contribution in [2.45, 2.75) is 32.2 Å². The lowest BCUT2D eigenvalue weighted by molar-refractivity contribution is -0.160. The molecule has 1 unspecified atom stereocenters. The van der Waals surface area contributed by atoms with Crippen molar-refractivity contribution in [3.8, 4) is 0 Å². The molecule has 0 aromatic rings. The minimum Gasteiger partial charge on any atom is -0.469 e. The number of carbonyl (C=O) groups excluding carboxylic acids is 2. The molecule has 0 aromatic heterocycles. The zero-order chi connectivity index (χ0) is 17.3. The first kappa shape index (κ1) is 17.4. The smallest absolute Gasteiger partial charge is 0.310 e. The SMILES string of the molecule is COC(=O)[C@@H]1CC=C(C(C)N2CCOCC2)C2(CC2)[C@H]1C(=O)OC. The highest BCUT2D eigenvalue weighted by atomic mass is 16.5. The number of hydrogen-bond acceptors (Lipinski definition) is 6. The number of carbonyl (C=O) groups is 2. The van der Waals surface area contributed by atoms with Gasteiger partial charge in [0.1, 0.15) is 0 Å². The summed E-state index contributed by atoms with van der Waals surface area (Å²) in [7, 11) is 2.78. The molecule has 3 atom stereocenters. The largest absolute Gasteiger partial charge is 0.469 e. The molecule has 3 aliphatic rings. The lowest BCUT2D eigenvalue weighted by Gasteiger charge is -2.42. The van der Waals surface area contributed by atoms with Crippen LogP contribution in [-0.4, -0.2) is 63.4 Å². The van der Waals surface area contributed by atoms with Crippen molar-refractivity contribution in [1.82, 2.24) is 4.90 Å². The number of hydrogen-bond donors (Lipinski definition) is 0. The van der Waals surface area contributed by atoms with E-state index in [0.717, 1.165) is 39.1 Å². The van der Waals surface area contributed by atoms with Crippen molar-refractivity contribution >= 4 is 11.9 Å². The van der Waals surface area contributed by atoms with Crippen LogP contribution in [0, 0.1) is 17.3 Å². The fraction of sp³-hybridized carbons (Fsp3) is 0.778. The van der Waals surface area contributed by atoms with Crippen molar-refractivity contribution in [1.29, 1.82) is 0 Å². The van der Waals surface area contributed by atoms with Crippen LogP contribution in [0.15, 0.2) is 11.6 Å². The van der Waals surface area contributed by atoms with E-state index in [9.17, 15) is 9.59 Å². The molecule has 2 fully saturated rings. The van der Waals surface area contributed by atoms with Crippen molar-refractivity contribution in [3.63, 3.8) is 0 Å².